The number of allylic oxidation sites excluding steroid dienone is 2. The van der Waals surface area contributed by atoms with Crippen LogP contribution in [0.4, 0.5) is 0 Å². The average Bonchev–Trinajstić information content (AvgIpc) is 2.10. The Labute approximate surface area is 92.1 Å². The van der Waals surface area contributed by atoms with E-state index in [-0.39, 0.29) is 12.1 Å². The molecule has 0 amide bonds. The van der Waals surface area contributed by atoms with Gasteiger partial charge in [0.1, 0.15) is 5.76 Å². The van der Waals surface area contributed by atoms with Gasteiger partial charge in [0.05, 0.1) is 6.10 Å². The molecule has 1 atom stereocenters. The summed E-state index contributed by atoms with van der Waals surface area (Å²) in [5.74, 6) is 0.440. The van der Waals surface area contributed by atoms with Crippen molar-refractivity contribution in [3.05, 3.63) is 11.3 Å². The van der Waals surface area contributed by atoms with Gasteiger partial charge in [-0.15, -0.1) is 0 Å². The third-order valence-corrected chi connectivity index (χ3v) is 2.32. The first kappa shape index (κ1) is 14.2. The first-order chi connectivity index (χ1) is 6.93. The predicted molar refractivity (Wildman–Crippen MR) is 60.3 cm³/mol. The average molecular weight is 214 g/mol. The Bertz CT molecular complexity index is 229. The molecule has 0 fully saturated rings. The zero-order chi connectivity index (χ0) is 11.8. The Morgan fingerprint density at radius 1 is 1.27 bits per heavy atom. The normalized spacial score (nSPS) is 14.5. The summed E-state index contributed by atoms with van der Waals surface area (Å²) < 4.78 is 4.98. The topological polar surface area (TPSA) is 46.5 Å². The standard InChI is InChI=1S/C12H22O3/c1-9(11(3)15-12(4)14)7-5-6-8-10(2)13/h10,13H,5-8H2,1-4H3. The van der Waals surface area contributed by atoms with Gasteiger partial charge < -0.3 is 9.84 Å². The van der Waals surface area contributed by atoms with Gasteiger partial charge in [-0.25, -0.2) is 0 Å². The van der Waals surface area contributed by atoms with Crippen molar-refractivity contribution in [2.24, 2.45) is 0 Å². The third kappa shape index (κ3) is 8.18. The second-order valence-corrected chi connectivity index (χ2v) is 4.02. The van der Waals surface area contributed by atoms with Crippen LogP contribution in [0.5, 0.6) is 0 Å². The van der Waals surface area contributed by atoms with Crippen LogP contribution in [-0.2, 0) is 9.53 Å². The van der Waals surface area contributed by atoms with E-state index in [1.807, 2.05) is 13.8 Å². The van der Waals surface area contributed by atoms with E-state index < -0.39 is 0 Å². The van der Waals surface area contributed by atoms with Crippen molar-refractivity contribution >= 4 is 5.97 Å². The summed E-state index contributed by atoms with van der Waals surface area (Å²) in [6.45, 7) is 6.99. The van der Waals surface area contributed by atoms with Gasteiger partial charge in [0.15, 0.2) is 0 Å². The number of carbonyl (C=O) groups excluding carboxylic acids is 1. The van der Waals surface area contributed by atoms with Crippen molar-refractivity contribution in [2.75, 3.05) is 0 Å². The number of rotatable bonds is 6. The first-order valence-corrected chi connectivity index (χ1v) is 5.46. The molecule has 3 nitrogen and oxygen atoms in total. The zero-order valence-corrected chi connectivity index (χ0v) is 10.2. The number of aliphatic hydroxyl groups excluding tert-OH is 1. The lowest BCUT2D eigenvalue weighted by Gasteiger charge is -2.07. The molecule has 1 N–H and O–H groups in total. The number of unbranched alkanes of at least 4 members (excludes halogenated alkanes) is 1. The second-order valence-electron chi connectivity index (χ2n) is 4.02. The highest BCUT2D eigenvalue weighted by molar-refractivity contribution is 5.67. The lowest BCUT2D eigenvalue weighted by molar-refractivity contribution is -0.136. The number of ether oxygens (including phenoxy) is 1. The van der Waals surface area contributed by atoms with Gasteiger partial charge in [0, 0.05) is 6.92 Å². The monoisotopic (exact) mass is 214 g/mol. The smallest absolute Gasteiger partial charge is 0.307 e. The molecule has 3 heteroatoms. The summed E-state index contributed by atoms with van der Waals surface area (Å²) >= 11 is 0. The van der Waals surface area contributed by atoms with Crippen LogP contribution in [0, 0.1) is 0 Å². The highest BCUT2D eigenvalue weighted by atomic mass is 16.5. The van der Waals surface area contributed by atoms with Gasteiger partial charge in [-0.05, 0) is 45.6 Å². The first-order valence-electron chi connectivity index (χ1n) is 5.46. The molecule has 15 heavy (non-hydrogen) atoms. The summed E-state index contributed by atoms with van der Waals surface area (Å²) in [6.07, 6.45) is 3.56. The zero-order valence-electron chi connectivity index (χ0n) is 10.2. The van der Waals surface area contributed by atoms with Gasteiger partial charge >= 0.3 is 5.97 Å². The molecule has 0 aliphatic rings. The lowest BCUT2D eigenvalue weighted by Crippen LogP contribution is -2.00. The summed E-state index contributed by atoms with van der Waals surface area (Å²) in [6, 6.07) is 0. The maximum absolute atomic E-state index is 10.7. The van der Waals surface area contributed by atoms with Crippen molar-refractivity contribution in [3.8, 4) is 0 Å². The van der Waals surface area contributed by atoms with E-state index >= 15 is 0 Å². The molecule has 0 aromatic carbocycles. The number of aliphatic hydroxyl groups is 1. The molecule has 88 valence electrons. The molecule has 0 saturated heterocycles. The molecule has 0 aliphatic carbocycles. The number of hydrogen-bond acceptors (Lipinski definition) is 3. The van der Waals surface area contributed by atoms with E-state index in [4.69, 9.17) is 9.84 Å². The summed E-state index contributed by atoms with van der Waals surface area (Å²) in [5, 5.41) is 9.06. The minimum atomic E-state index is -0.268. The predicted octanol–water partition coefficient (Wildman–Crippen LogP) is 2.78. The Morgan fingerprint density at radius 3 is 2.33 bits per heavy atom. The maximum atomic E-state index is 10.7. The molecule has 0 rings (SSSR count). The van der Waals surface area contributed by atoms with Crippen molar-refractivity contribution in [3.63, 3.8) is 0 Å². The van der Waals surface area contributed by atoms with Crippen LogP contribution in [0.25, 0.3) is 0 Å². The van der Waals surface area contributed by atoms with Gasteiger partial charge in [0.25, 0.3) is 0 Å². The van der Waals surface area contributed by atoms with E-state index in [0.29, 0.717) is 5.76 Å². The van der Waals surface area contributed by atoms with Crippen LogP contribution in [0.15, 0.2) is 11.3 Å². The van der Waals surface area contributed by atoms with Crippen LogP contribution in [0.1, 0.15) is 53.4 Å². The van der Waals surface area contributed by atoms with Crippen LogP contribution < -0.4 is 0 Å². The Morgan fingerprint density at radius 2 is 1.87 bits per heavy atom. The lowest BCUT2D eigenvalue weighted by atomic mass is 10.1. The molecule has 0 heterocycles. The second kappa shape index (κ2) is 7.46. The van der Waals surface area contributed by atoms with Gasteiger partial charge in [-0.1, -0.05) is 6.42 Å². The maximum Gasteiger partial charge on any atom is 0.307 e. The fourth-order valence-corrected chi connectivity index (χ4v) is 1.31. The molecule has 0 bridgehead atoms. The molecular formula is C12H22O3. The van der Waals surface area contributed by atoms with E-state index in [1.54, 1.807) is 6.92 Å². The fourth-order valence-electron chi connectivity index (χ4n) is 1.31. The molecule has 0 aliphatic heterocycles. The molecule has 0 aromatic heterocycles. The van der Waals surface area contributed by atoms with E-state index in [2.05, 4.69) is 0 Å². The van der Waals surface area contributed by atoms with E-state index in [9.17, 15) is 4.79 Å². The Kier molecular flexibility index (Phi) is 7.05. The summed E-state index contributed by atoms with van der Waals surface area (Å²) in [4.78, 5) is 10.7. The molecular weight excluding hydrogens is 192 g/mol. The van der Waals surface area contributed by atoms with Crippen molar-refractivity contribution in [2.45, 2.75) is 59.5 Å². The van der Waals surface area contributed by atoms with Crippen LogP contribution in [0.2, 0.25) is 0 Å². The highest BCUT2D eigenvalue weighted by Gasteiger charge is 2.02. The van der Waals surface area contributed by atoms with E-state index in [0.717, 1.165) is 31.3 Å². The molecule has 1 unspecified atom stereocenters. The minimum absolute atomic E-state index is 0.219. The largest absolute Gasteiger partial charge is 0.432 e. The quantitative estimate of drug-likeness (QED) is 0.420. The van der Waals surface area contributed by atoms with Gasteiger partial charge in [0.2, 0.25) is 0 Å². The Balaban J connectivity index is 3.80. The van der Waals surface area contributed by atoms with Crippen LogP contribution in [-0.4, -0.2) is 17.2 Å². The Hall–Kier alpha value is -0.830. The van der Waals surface area contributed by atoms with Crippen LogP contribution >= 0.6 is 0 Å². The van der Waals surface area contributed by atoms with Crippen molar-refractivity contribution in [1.29, 1.82) is 0 Å². The number of hydrogen-bond donors (Lipinski definition) is 1. The SMILES string of the molecule is CC(=O)OC(C)=C(C)CCCCC(C)O. The number of carbonyl (C=O) groups is 1. The van der Waals surface area contributed by atoms with Gasteiger partial charge in [-0.3, -0.25) is 4.79 Å². The summed E-state index contributed by atoms with van der Waals surface area (Å²) in [7, 11) is 0. The number of esters is 1. The van der Waals surface area contributed by atoms with Gasteiger partial charge in [-0.2, -0.15) is 0 Å². The molecule has 0 radical (unpaired) electrons. The highest BCUT2D eigenvalue weighted by Crippen LogP contribution is 2.14. The molecule has 0 spiro atoms. The molecule has 0 saturated carbocycles. The fraction of sp³-hybridized carbons (Fsp3) is 0.750. The van der Waals surface area contributed by atoms with Crippen LogP contribution in [0.3, 0.4) is 0 Å². The minimum Gasteiger partial charge on any atom is -0.432 e. The van der Waals surface area contributed by atoms with E-state index in [1.165, 1.54) is 6.92 Å². The summed E-state index contributed by atoms with van der Waals surface area (Å²) in [5.41, 5.74) is 1.11. The third-order valence-electron chi connectivity index (χ3n) is 2.32. The molecule has 0 aromatic rings. The van der Waals surface area contributed by atoms with Crippen molar-refractivity contribution in [1.82, 2.24) is 0 Å². The van der Waals surface area contributed by atoms with Crippen molar-refractivity contribution < 1.29 is 14.6 Å².